The van der Waals surface area contributed by atoms with E-state index in [1.807, 2.05) is 18.2 Å². The molecule has 5 aromatic rings. The fourth-order valence-electron chi connectivity index (χ4n) is 7.55. The molecule has 3 aliphatic rings. The van der Waals surface area contributed by atoms with Crippen LogP contribution in [-0.4, -0.2) is 33.4 Å². The van der Waals surface area contributed by atoms with Crippen LogP contribution >= 0.6 is 0 Å². The van der Waals surface area contributed by atoms with Gasteiger partial charge in [-0.25, -0.2) is 4.85 Å². The van der Waals surface area contributed by atoms with Crippen LogP contribution in [0.15, 0.2) is 97.1 Å². The Balaban J connectivity index is 1.34. The number of fused-ring (bicyclic) bond motifs is 8. The van der Waals surface area contributed by atoms with Crippen LogP contribution in [0.2, 0.25) is 0 Å². The van der Waals surface area contributed by atoms with Crippen molar-refractivity contribution in [2.24, 2.45) is 0 Å². The molecule has 0 bridgehead atoms. The fourth-order valence-corrected chi connectivity index (χ4v) is 7.55. The predicted octanol–water partition coefficient (Wildman–Crippen LogP) is 8.89. The molecular weight excluding hydrogens is 556 g/mol. The molecule has 222 valence electrons. The number of hydrogen-bond donors (Lipinski definition) is 0. The molecule has 1 atom stereocenters. The topological polar surface area (TPSA) is 35.3 Å². The van der Waals surface area contributed by atoms with E-state index in [-0.39, 0.29) is 5.41 Å². The molecule has 0 spiro atoms. The Morgan fingerprint density at radius 3 is 2.22 bits per heavy atom. The summed E-state index contributed by atoms with van der Waals surface area (Å²) in [5, 5.41) is 2.24. The van der Waals surface area contributed by atoms with Crippen molar-refractivity contribution in [3.63, 3.8) is 0 Å². The summed E-state index contributed by atoms with van der Waals surface area (Å²) in [6, 6.07) is 31.7. The molecule has 0 amide bonds. The number of benzene rings is 5. The number of methoxy groups -OCH3 is 1. The average Bonchev–Trinajstić information content (AvgIpc) is 3.34. The van der Waals surface area contributed by atoms with Gasteiger partial charge in [-0.3, -0.25) is 0 Å². The van der Waals surface area contributed by atoms with E-state index in [1.165, 1.54) is 27.9 Å². The zero-order valence-electron chi connectivity index (χ0n) is 25.8. The second-order valence-electron chi connectivity index (χ2n) is 12.6. The molecule has 1 saturated heterocycles. The monoisotopic (exact) mass is 590 g/mol. The molecule has 1 aliphatic carbocycles. The number of ether oxygens (including phenoxy) is 3. The molecule has 0 saturated carbocycles. The lowest BCUT2D eigenvalue weighted by Gasteiger charge is -2.39. The lowest BCUT2D eigenvalue weighted by atomic mass is 9.76. The van der Waals surface area contributed by atoms with Gasteiger partial charge in [-0.2, -0.15) is 0 Å². The number of hydrogen-bond acceptors (Lipinski definition) is 4. The van der Waals surface area contributed by atoms with Crippen LogP contribution in [-0.2, 0) is 15.8 Å². The average molecular weight is 591 g/mol. The second kappa shape index (κ2) is 10.3. The summed E-state index contributed by atoms with van der Waals surface area (Å²) in [6.07, 6.45) is 4.49. The minimum atomic E-state index is -0.854. The van der Waals surface area contributed by atoms with Crippen LogP contribution in [0.4, 0.5) is 11.4 Å². The highest BCUT2D eigenvalue weighted by Crippen LogP contribution is 2.58. The van der Waals surface area contributed by atoms with Gasteiger partial charge in [0, 0.05) is 46.3 Å². The van der Waals surface area contributed by atoms with Crippen LogP contribution in [0.5, 0.6) is 11.5 Å². The first-order valence-electron chi connectivity index (χ1n) is 15.5. The summed E-state index contributed by atoms with van der Waals surface area (Å²) < 4.78 is 18.5. The Kier molecular flexibility index (Phi) is 6.27. The van der Waals surface area contributed by atoms with Crippen molar-refractivity contribution in [3.8, 4) is 22.6 Å². The Bertz CT molecular complexity index is 2030. The normalized spacial score (nSPS) is 19.3. The molecule has 45 heavy (non-hydrogen) atoms. The zero-order valence-corrected chi connectivity index (χ0v) is 25.8. The van der Waals surface area contributed by atoms with E-state index in [0.29, 0.717) is 5.69 Å². The predicted molar refractivity (Wildman–Crippen MR) is 181 cm³/mol. The summed E-state index contributed by atoms with van der Waals surface area (Å²) in [5.41, 5.74) is 8.73. The van der Waals surface area contributed by atoms with Gasteiger partial charge in [0.2, 0.25) is 0 Å². The third-order valence-electron chi connectivity index (χ3n) is 9.84. The maximum atomic E-state index is 7.66. The highest BCUT2D eigenvalue weighted by Gasteiger charge is 2.44. The van der Waals surface area contributed by atoms with E-state index >= 15 is 0 Å². The van der Waals surface area contributed by atoms with Crippen LogP contribution in [0.3, 0.4) is 0 Å². The standard InChI is InChI=1S/C40H34N2O3/c1-39(2)35-25-28(41-3)13-18-33(35)36-31-7-5-6-8-32(31)38-34(37(36)39)19-20-40(45-38,27-11-16-30(43-4)17-12-27)26-9-14-29(15-10-26)42-21-23-44-24-22-42/h5-20,25H,21-24H2,1-2,4H3. The van der Waals surface area contributed by atoms with Crippen LogP contribution in [0, 0.1) is 6.57 Å². The summed E-state index contributed by atoms with van der Waals surface area (Å²) >= 11 is 0. The van der Waals surface area contributed by atoms with Crippen molar-refractivity contribution < 1.29 is 14.2 Å². The van der Waals surface area contributed by atoms with E-state index in [0.717, 1.165) is 65.3 Å². The fraction of sp³-hybridized carbons (Fsp3) is 0.225. The Morgan fingerprint density at radius 1 is 0.844 bits per heavy atom. The van der Waals surface area contributed by atoms with E-state index in [9.17, 15) is 0 Å². The number of anilines is 1. The second-order valence-corrected chi connectivity index (χ2v) is 12.6. The van der Waals surface area contributed by atoms with E-state index in [4.69, 9.17) is 20.8 Å². The van der Waals surface area contributed by atoms with Gasteiger partial charge in [0.05, 0.1) is 26.9 Å². The van der Waals surface area contributed by atoms with Gasteiger partial charge < -0.3 is 19.1 Å². The minimum Gasteiger partial charge on any atom is -0.497 e. The first-order chi connectivity index (χ1) is 21.9. The van der Waals surface area contributed by atoms with E-state index in [2.05, 4.69) is 109 Å². The highest BCUT2D eigenvalue weighted by atomic mass is 16.5. The number of nitrogens with zero attached hydrogens (tertiary/aromatic N) is 2. The van der Waals surface area contributed by atoms with Gasteiger partial charge in [-0.1, -0.05) is 86.7 Å². The lowest BCUT2D eigenvalue weighted by molar-refractivity contribution is 0.122. The quantitative estimate of drug-likeness (QED) is 0.196. The molecule has 0 aromatic heterocycles. The van der Waals surface area contributed by atoms with Gasteiger partial charge in [-0.05, 0) is 58.0 Å². The SMILES string of the molecule is [C-]#[N+]c1ccc2c(c1)C(C)(C)c1c3c(c4ccccc4c1-2)OC(c1ccc(OC)cc1)(c1ccc(N2CCOCC2)cc1)C=C3. The number of rotatable bonds is 4. The van der Waals surface area contributed by atoms with Crippen LogP contribution in [0.1, 0.15) is 41.7 Å². The molecule has 1 unspecified atom stereocenters. The molecule has 5 heteroatoms. The molecule has 2 heterocycles. The smallest absolute Gasteiger partial charge is 0.187 e. The van der Waals surface area contributed by atoms with Gasteiger partial charge in [0.1, 0.15) is 11.5 Å². The Morgan fingerprint density at radius 2 is 1.53 bits per heavy atom. The van der Waals surface area contributed by atoms with Gasteiger partial charge >= 0.3 is 0 Å². The third kappa shape index (κ3) is 4.10. The van der Waals surface area contributed by atoms with Crippen molar-refractivity contribution >= 4 is 28.2 Å². The van der Waals surface area contributed by atoms with Gasteiger partial charge in [0.25, 0.3) is 0 Å². The van der Waals surface area contributed by atoms with Crippen molar-refractivity contribution in [1.29, 1.82) is 0 Å². The lowest BCUT2D eigenvalue weighted by Crippen LogP contribution is -2.37. The first-order valence-corrected chi connectivity index (χ1v) is 15.5. The molecular formula is C40H34N2O3. The van der Waals surface area contributed by atoms with Crippen molar-refractivity contribution in [2.75, 3.05) is 38.3 Å². The molecule has 5 nitrogen and oxygen atoms in total. The van der Waals surface area contributed by atoms with Crippen LogP contribution < -0.4 is 14.4 Å². The van der Waals surface area contributed by atoms with Gasteiger partial charge in [0.15, 0.2) is 11.3 Å². The van der Waals surface area contributed by atoms with Crippen LogP contribution in [0.25, 0.3) is 32.8 Å². The Hall–Kier alpha value is -5.05. The molecule has 0 radical (unpaired) electrons. The summed E-state index contributed by atoms with van der Waals surface area (Å²) in [7, 11) is 1.69. The molecule has 0 N–H and O–H groups in total. The van der Waals surface area contributed by atoms with Crippen molar-refractivity contribution in [1.82, 2.24) is 0 Å². The Labute approximate surface area is 264 Å². The van der Waals surface area contributed by atoms with Crippen molar-refractivity contribution in [2.45, 2.75) is 24.9 Å². The van der Waals surface area contributed by atoms with Gasteiger partial charge in [-0.15, -0.1) is 0 Å². The minimum absolute atomic E-state index is 0.312. The summed E-state index contributed by atoms with van der Waals surface area (Å²) in [5.74, 6) is 1.68. The molecule has 1 fully saturated rings. The molecule has 8 rings (SSSR count). The summed E-state index contributed by atoms with van der Waals surface area (Å²) in [4.78, 5) is 6.13. The maximum absolute atomic E-state index is 7.66. The number of morpholine rings is 1. The molecule has 5 aromatic carbocycles. The van der Waals surface area contributed by atoms with E-state index in [1.54, 1.807) is 7.11 Å². The first kappa shape index (κ1) is 27.5. The maximum Gasteiger partial charge on any atom is 0.187 e. The molecule has 2 aliphatic heterocycles. The van der Waals surface area contributed by atoms with E-state index < -0.39 is 5.60 Å². The summed E-state index contributed by atoms with van der Waals surface area (Å²) in [6.45, 7) is 15.5. The zero-order chi connectivity index (χ0) is 30.8. The largest absolute Gasteiger partial charge is 0.497 e. The third-order valence-corrected chi connectivity index (χ3v) is 9.84. The van der Waals surface area contributed by atoms with Crippen molar-refractivity contribution in [3.05, 3.63) is 136 Å². The highest BCUT2D eigenvalue weighted by molar-refractivity contribution is 6.08.